The molecule has 1 aromatic heterocycles. The van der Waals surface area contributed by atoms with Crippen LogP contribution in [0.3, 0.4) is 0 Å². The molecule has 0 amide bonds. The molecule has 0 spiro atoms. The van der Waals surface area contributed by atoms with Crippen molar-refractivity contribution in [1.82, 2.24) is 25.3 Å². The minimum Gasteiger partial charge on any atom is -0.383 e. The van der Waals surface area contributed by atoms with Crippen molar-refractivity contribution < 1.29 is 4.74 Å². The number of hydrogen-bond acceptors (Lipinski definition) is 4. The van der Waals surface area contributed by atoms with E-state index >= 15 is 0 Å². The second kappa shape index (κ2) is 12.8. The molecule has 1 aliphatic heterocycles. The Morgan fingerprint density at radius 3 is 2.54 bits per heavy atom. The zero-order valence-electron chi connectivity index (χ0n) is 18.4. The van der Waals surface area contributed by atoms with Gasteiger partial charge in [-0.1, -0.05) is 12.8 Å². The highest BCUT2D eigenvalue weighted by Crippen LogP contribution is 2.14. The Morgan fingerprint density at radius 1 is 1.11 bits per heavy atom. The SMILES string of the molecule is CCNC(=NCc1c(C)nn(CCOC)c1C)NCCCN1CCCCCC1. The summed E-state index contributed by atoms with van der Waals surface area (Å²) in [6, 6.07) is 0. The Kier molecular flexibility index (Phi) is 10.4. The monoisotopic (exact) mass is 392 g/mol. The van der Waals surface area contributed by atoms with Crippen LogP contribution in [0.15, 0.2) is 4.99 Å². The number of rotatable bonds is 10. The molecule has 0 aromatic carbocycles. The largest absolute Gasteiger partial charge is 0.383 e. The molecule has 2 rings (SSSR count). The third kappa shape index (κ3) is 7.43. The van der Waals surface area contributed by atoms with Gasteiger partial charge in [0.1, 0.15) is 0 Å². The maximum absolute atomic E-state index is 5.17. The second-order valence-electron chi connectivity index (χ2n) is 7.60. The van der Waals surface area contributed by atoms with Crippen LogP contribution in [0.1, 0.15) is 56.0 Å². The Labute approximate surface area is 170 Å². The summed E-state index contributed by atoms with van der Waals surface area (Å²) in [6.07, 6.45) is 6.65. The van der Waals surface area contributed by atoms with E-state index < -0.39 is 0 Å². The number of nitrogens with one attached hydrogen (secondary N) is 2. The lowest BCUT2D eigenvalue weighted by Gasteiger charge is -2.20. The van der Waals surface area contributed by atoms with Gasteiger partial charge in [-0.2, -0.15) is 5.10 Å². The lowest BCUT2D eigenvalue weighted by Crippen LogP contribution is -2.39. The molecule has 1 aromatic rings. The van der Waals surface area contributed by atoms with Crippen molar-refractivity contribution in [2.45, 2.75) is 66.0 Å². The summed E-state index contributed by atoms with van der Waals surface area (Å²) in [6.45, 7) is 13.9. The van der Waals surface area contributed by atoms with E-state index in [4.69, 9.17) is 9.73 Å². The molecule has 160 valence electrons. The lowest BCUT2D eigenvalue weighted by atomic mass is 10.2. The zero-order valence-corrected chi connectivity index (χ0v) is 18.4. The number of methoxy groups -OCH3 is 1. The smallest absolute Gasteiger partial charge is 0.191 e. The number of nitrogens with zero attached hydrogens (tertiary/aromatic N) is 4. The van der Waals surface area contributed by atoms with Gasteiger partial charge < -0.3 is 20.3 Å². The van der Waals surface area contributed by atoms with Crippen LogP contribution in [0.5, 0.6) is 0 Å². The van der Waals surface area contributed by atoms with Crippen LogP contribution >= 0.6 is 0 Å². The molecule has 0 radical (unpaired) electrons. The van der Waals surface area contributed by atoms with Crippen LogP contribution in [-0.2, 0) is 17.8 Å². The number of aryl methyl sites for hydroxylation is 1. The quantitative estimate of drug-likeness (QED) is 0.364. The lowest BCUT2D eigenvalue weighted by molar-refractivity contribution is 0.182. The van der Waals surface area contributed by atoms with Gasteiger partial charge in [0.2, 0.25) is 0 Å². The fourth-order valence-corrected chi connectivity index (χ4v) is 3.73. The number of guanidine groups is 1. The van der Waals surface area contributed by atoms with Crippen LogP contribution in [0, 0.1) is 13.8 Å². The molecule has 2 heterocycles. The maximum atomic E-state index is 5.17. The molecule has 0 bridgehead atoms. The topological polar surface area (TPSA) is 66.7 Å². The van der Waals surface area contributed by atoms with Gasteiger partial charge in [-0.15, -0.1) is 0 Å². The number of ether oxygens (including phenoxy) is 1. The molecule has 2 N–H and O–H groups in total. The first-order chi connectivity index (χ1) is 13.7. The van der Waals surface area contributed by atoms with Crippen LogP contribution in [0.25, 0.3) is 0 Å². The highest BCUT2D eigenvalue weighted by atomic mass is 16.5. The molecule has 28 heavy (non-hydrogen) atoms. The molecule has 0 saturated carbocycles. The van der Waals surface area contributed by atoms with E-state index in [9.17, 15) is 0 Å². The first kappa shape index (κ1) is 22.7. The van der Waals surface area contributed by atoms with Gasteiger partial charge in [0.25, 0.3) is 0 Å². The van der Waals surface area contributed by atoms with Gasteiger partial charge in [-0.25, -0.2) is 4.99 Å². The third-order valence-corrected chi connectivity index (χ3v) is 5.42. The molecule has 7 nitrogen and oxygen atoms in total. The number of likely N-dealkylation sites (tertiary alicyclic amines) is 1. The van der Waals surface area contributed by atoms with E-state index in [2.05, 4.69) is 41.4 Å². The van der Waals surface area contributed by atoms with Crippen molar-refractivity contribution in [3.8, 4) is 0 Å². The fraction of sp³-hybridized carbons (Fsp3) is 0.810. The minimum atomic E-state index is 0.645. The third-order valence-electron chi connectivity index (χ3n) is 5.42. The molecule has 7 heteroatoms. The van der Waals surface area contributed by atoms with Crippen molar-refractivity contribution in [2.75, 3.05) is 46.4 Å². The van der Waals surface area contributed by atoms with Crippen LogP contribution in [0.2, 0.25) is 0 Å². The predicted octanol–water partition coefficient (Wildman–Crippen LogP) is 2.47. The van der Waals surface area contributed by atoms with E-state index in [0.29, 0.717) is 13.2 Å². The van der Waals surface area contributed by atoms with Crippen molar-refractivity contribution in [2.24, 2.45) is 4.99 Å². The highest BCUT2D eigenvalue weighted by Gasteiger charge is 2.11. The Morgan fingerprint density at radius 2 is 1.86 bits per heavy atom. The predicted molar refractivity (Wildman–Crippen MR) is 116 cm³/mol. The Hall–Kier alpha value is -1.60. The van der Waals surface area contributed by atoms with Crippen LogP contribution in [0.4, 0.5) is 0 Å². The standard InChI is InChI=1S/C21H40N6O/c1-5-22-21(23-11-10-14-26-12-8-6-7-9-13-26)24-17-20-18(2)25-27(19(20)3)15-16-28-4/h5-17H2,1-4H3,(H2,22,23,24). The van der Waals surface area contributed by atoms with Gasteiger partial charge in [0, 0.05) is 31.5 Å². The average molecular weight is 393 g/mol. The molecule has 0 unspecified atom stereocenters. The van der Waals surface area contributed by atoms with Crippen molar-refractivity contribution in [1.29, 1.82) is 0 Å². The van der Waals surface area contributed by atoms with Crippen LogP contribution < -0.4 is 10.6 Å². The van der Waals surface area contributed by atoms with Crippen LogP contribution in [-0.4, -0.2) is 67.1 Å². The van der Waals surface area contributed by atoms with E-state index in [-0.39, 0.29) is 0 Å². The van der Waals surface area contributed by atoms with E-state index in [1.165, 1.54) is 56.6 Å². The minimum absolute atomic E-state index is 0.645. The Balaban J connectivity index is 1.83. The van der Waals surface area contributed by atoms with Crippen molar-refractivity contribution in [3.05, 3.63) is 17.0 Å². The van der Waals surface area contributed by atoms with E-state index in [1.54, 1.807) is 7.11 Å². The second-order valence-corrected chi connectivity index (χ2v) is 7.60. The molecule has 0 atom stereocenters. The maximum Gasteiger partial charge on any atom is 0.191 e. The summed E-state index contributed by atoms with van der Waals surface area (Å²) in [5, 5.41) is 11.5. The number of aromatic nitrogens is 2. The van der Waals surface area contributed by atoms with Gasteiger partial charge in [0.15, 0.2) is 5.96 Å². The summed E-state index contributed by atoms with van der Waals surface area (Å²) in [5.41, 5.74) is 3.43. The summed E-state index contributed by atoms with van der Waals surface area (Å²) in [4.78, 5) is 7.41. The van der Waals surface area contributed by atoms with Crippen molar-refractivity contribution in [3.63, 3.8) is 0 Å². The molecule has 0 aliphatic carbocycles. The van der Waals surface area contributed by atoms with E-state index in [0.717, 1.165) is 37.7 Å². The summed E-state index contributed by atoms with van der Waals surface area (Å²) >= 11 is 0. The first-order valence-electron chi connectivity index (χ1n) is 10.9. The van der Waals surface area contributed by atoms with Gasteiger partial charge >= 0.3 is 0 Å². The highest BCUT2D eigenvalue weighted by molar-refractivity contribution is 5.79. The molecular weight excluding hydrogens is 352 g/mol. The average Bonchev–Trinajstić information content (AvgIpc) is 2.86. The van der Waals surface area contributed by atoms with Gasteiger partial charge in [-0.05, 0) is 59.7 Å². The van der Waals surface area contributed by atoms with Crippen molar-refractivity contribution >= 4 is 5.96 Å². The summed E-state index contributed by atoms with van der Waals surface area (Å²) in [5.74, 6) is 0.891. The molecule has 1 fully saturated rings. The van der Waals surface area contributed by atoms with E-state index in [1.807, 2.05) is 4.68 Å². The summed E-state index contributed by atoms with van der Waals surface area (Å²) < 4.78 is 7.19. The molecule has 1 aliphatic rings. The first-order valence-corrected chi connectivity index (χ1v) is 10.9. The molecule has 1 saturated heterocycles. The number of hydrogen-bond donors (Lipinski definition) is 2. The molecular formula is C21H40N6O. The van der Waals surface area contributed by atoms with Gasteiger partial charge in [0.05, 0.1) is 25.4 Å². The number of aliphatic imine (C=N–C) groups is 1. The zero-order chi connectivity index (χ0) is 20.2. The Bertz CT molecular complexity index is 590. The normalized spacial score (nSPS) is 16.2. The van der Waals surface area contributed by atoms with Gasteiger partial charge in [-0.3, -0.25) is 4.68 Å². The summed E-state index contributed by atoms with van der Waals surface area (Å²) in [7, 11) is 1.72. The fourth-order valence-electron chi connectivity index (χ4n) is 3.73.